The number of aliphatic imine (C=N–C) groups is 1. The first-order valence-electron chi connectivity index (χ1n) is 10.1. The summed E-state index contributed by atoms with van der Waals surface area (Å²) in [6, 6.07) is 11.3. The lowest BCUT2D eigenvalue weighted by Gasteiger charge is -2.15. The Balaban J connectivity index is 0.00000363. The summed E-state index contributed by atoms with van der Waals surface area (Å²) in [4.78, 5) is 6.73. The maximum atomic E-state index is 12.8. The summed E-state index contributed by atoms with van der Waals surface area (Å²) in [6.07, 6.45) is 0. The number of hydrogen-bond acceptors (Lipinski definition) is 5. The normalized spacial score (nSPS) is 12.7. The number of rotatable bonds is 9. The van der Waals surface area contributed by atoms with Crippen LogP contribution >= 0.6 is 24.0 Å². The summed E-state index contributed by atoms with van der Waals surface area (Å²) in [7, 11) is 4.06. The van der Waals surface area contributed by atoms with Gasteiger partial charge in [0.1, 0.15) is 5.75 Å². The summed E-state index contributed by atoms with van der Waals surface area (Å²) < 4.78 is 40.9. The van der Waals surface area contributed by atoms with Gasteiger partial charge in [-0.3, -0.25) is 0 Å². The van der Waals surface area contributed by atoms with E-state index in [9.17, 15) is 8.78 Å². The van der Waals surface area contributed by atoms with Crippen molar-refractivity contribution in [1.29, 1.82) is 0 Å². The van der Waals surface area contributed by atoms with Gasteiger partial charge in [0.2, 0.25) is 6.79 Å². The fourth-order valence-electron chi connectivity index (χ4n) is 3.19. The van der Waals surface area contributed by atoms with Gasteiger partial charge >= 0.3 is 6.61 Å². The second-order valence-corrected chi connectivity index (χ2v) is 7.30. The summed E-state index contributed by atoms with van der Waals surface area (Å²) in [6.45, 7) is 1.30. The molecule has 0 fully saturated rings. The lowest BCUT2D eigenvalue weighted by atomic mass is 10.1. The summed E-state index contributed by atoms with van der Waals surface area (Å²) in [5.41, 5.74) is 2.81. The SMILES string of the molecule is CCNC(=NCc1cccc(CN(C)C)c1)NCc1cc2c(cc1OC(F)F)OCO2.I. The number of nitrogens with zero attached hydrogens (tertiary/aromatic N) is 2. The molecule has 32 heavy (non-hydrogen) atoms. The van der Waals surface area contributed by atoms with Crippen molar-refractivity contribution in [2.75, 3.05) is 27.4 Å². The van der Waals surface area contributed by atoms with Gasteiger partial charge in [0.15, 0.2) is 17.5 Å². The monoisotopic (exact) mass is 562 g/mol. The van der Waals surface area contributed by atoms with Crippen molar-refractivity contribution in [2.24, 2.45) is 4.99 Å². The molecule has 2 N–H and O–H groups in total. The van der Waals surface area contributed by atoms with Crippen LogP contribution in [0.15, 0.2) is 41.4 Å². The van der Waals surface area contributed by atoms with Crippen LogP contribution in [-0.4, -0.2) is 44.9 Å². The Hall–Kier alpha value is -2.34. The number of guanidine groups is 1. The number of ether oxygens (including phenoxy) is 3. The highest BCUT2D eigenvalue weighted by molar-refractivity contribution is 14.0. The van der Waals surface area contributed by atoms with Crippen molar-refractivity contribution in [3.8, 4) is 17.2 Å². The number of hydrogen-bond donors (Lipinski definition) is 2. The molecule has 1 heterocycles. The number of halogens is 3. The Morgan fingerprint density at radius 2 is 1.84 bits per heavy atom. The third-order valence-electron chi connectivity index (χ3n) is 4.47. The van der Waals surface area contributed by atoms with Crippen molar-refractivity contribution >= 4 is 29.9 Å². The fourth-order valence-corrected chi connectivity index (χ4v) is 3.19. The van der Waals surface area contributed by atoms with E-state index in [1.54, 1.807) is 6.07 Å². The average Bonchev–Trinajstić information content (AvgIpc) is 3.16. The van der Waals surface area contributed by atoms with Crippen LogP contribution in [0.5, 0.6) is 17.2 Å². The van der Waals surface area contributed by atoms with E-state index in [0.29, 0.717) is 36.1 Å². The maximum absolute atomic E-state index is 12.8. The quantitative estimate of drug-likeness (QED) is 0.274. The molecule has 0 saturated heterocycles. The van der Waals surface area contributed by atoms with Crippen molar-refractivity contribution in [2.45, 2.75) is 33.2 Å². The molecule has 2 aromatic rings. The van der Waals surface area contributed by atoms with Crippen molar-refractivity contribution in [3.63, 3.8) is 0 Å². The van der Waals surface area contributed by atoms with E-state index in [-0.39, 0.29) is 43.1 Å². The molecule has 0 atom stereocenters. The largest absolute Gasteiger partial charge is 0.454 e. The number of fused-ring (bicyclic) bond motifs is 1. The topological polar surface area (TPSA) is 67.4 Å². The Morgan fingerprint density at radius 1 is 1.12 bits per heavy atom. The van der Waals surface area contributed by atoms with Gasteiger partial charge in [-0.15, -0.1) is 24.0 Å². The minimum atomic E-state index is -2.93. The molecule has 3 rings (SSSR count). The van der Waals surface area contributed by atoms with Gasteiger partial charge in [-0.25, -0.2) is 4.99 Å². The second kappa shape index (κ2) is 12.6. The zero-order valence-corrected chi connectivity index (χ0v) is 20.7. The predicted molar refractivity (Wildman–Crippen MR) is 130 cm³/mol. The molecule has 0 radical (unpaired) electrons. The van der Waals surface area contributed by atoms with Crippen LogP contribution < -0.4 is 24.8 Å². The van der Waals surface area contributed by atoms with Crippen molar-refractivity contribution in [1.82, 2.24) is 15.5 Å². The zero-order chi connectivity index (χ0) is 22.2. The fraction of sp³-hybridized carbons (Fsp3) is 0.409. The second-order valence-electron chi connectivity index (χ2n) is 7.30. The molecule has 2 aromatic carbocycles. The van der Waals surface area contributed by atoms with E-state index in [0.717, 1.165) is 12.1 Å². The maximum Gasteiger partial charge on any atom is 0.387 e. The molecule has 0 aromatic heterocycles. The first kappa shape index (κ1) is 25.9. The predicted octanol–water partition coefficient (Wildman–Crippen LogP) is 3.95. The van der Waals surface area contributed by atoms with Crippen molar-refractivity contribution in [3.05, 3.63) is 53.1 Å². The summed E-state index contributed by atoms with van der Waals surface area (Å²) in [5, 5.41) is 6.34. The number of benzene rings is 2. The summed E-state index contributed by atoms with van der Waals surface area (Å²) in [5.74, 6) is 1.50. The lowest BCUT2D eigenvalue weighted by molar-refractivity contribution is -0.0505. The van der Waals surface area contributed by atoms with Crippen LogP contribution in [0.3, 0.4) is 0 Å². The molecule has 1 aliphatic heterocycles. The van der Waals surface area contributed by atoms with E-state index < -0.39 is 6.61 Å². The number of alkyl halides is 2. The van der Waals surface area contributed by atoms with Gasteiger partial charge < -0.3 is 29.7 Å². The smallest absolute Gasteiger partial charge is 0.387 e. The highest BCUT2D eigenvalue weighted by Crippen LogP contribution is 2.38. The highest BCUT2D eigenvalue weighted by Gasteiger charge is 2.20. The van der Waals surface area contributed by atoms with Crippen LogP contribution in [0.25, 0.3) is 0 Å². The summed E-state index contributed by atoms with van der Waals surface area (Å²) >= 11 is 0. The molecular weight excluding hydrogens is 533 g/mol. The van der Waals surface area contributed by atoms with Crippen LogP contribution in [0.2, 0.25) is 0 Å². The first-order chi connectivity index (χ1) is 14.9. The Bertz CT molecular complexity index is 913. The molecule has 0 bridgehead atoms. The van der Waals surface area contributed by atoms with Gasteiger partial charge in [0.25, 0.3) is 0 Å². The molecule has 0 aliphatic carbocycles. The van der Waals surface area contributed by atoms with Gasteiger partial charge in [0, 0.05) is 31.3 Å². The first-order valence-corrected chi connectivity index (χ1v) is 10.1. The van der Waals surface area contributed by atoms with Crippen LogP contribution in [-0.2, 0) is 19.6 Å². The van der Waals surface area contributed by atoms with E-state index in [4.69, 9.17) is 9.47 Å². The van der Waals surface area contributed by atoms with Crippen LogP contribution in [0, 0.1) is 0 Å². The molecule has 7 nitrogen and oxygen atoms in total. The standard InChI is InChI=1S/C22H28F2N4O3.HI/c1-4-25-22(26-11-15-6-5-7-16(8-15)13-28(2)3)27-12-17-9-19-20(30-14-29-19)10-18(17)31-21(23)24;/h5-10,21H,4,11-14H2,1-3H3,(H2,25,26,27);1H. The van der Waals surface area contributed by atoms with Gasteiger partial charge in [-0.05, 0) is 38.2 Å². The van der Waals surface area contributed by atoms with Gasteiger partial charge in [0.05, 0.1) is 6.54 Å². The van der Waals surface area contributed by atoms with E-state index in [2.05, 4.69) is 37.4 Å². The lowest BCUT2D eigenvalue weighted by Crippen LogP contribution is -2.36. The molecular formula is C22H29F2IN4O3. The molecule has 0 spiro atoms. The minimum Gasteiger partial charge on any atom is -0.454 e. The van der Waals surface area contributed by atoms with Crippen LogP contribution in [0.4, 0.5) is 8.78 Å². The van der Waals surface area contributed by atoms with E-state index in [1.165, 1.54) is 11.6 Å². The third kappa shape index (κ3) is 7.66. The van der Waals surface area contributed by atoms with Crippen LogP contribution in [0.1, 0.15) is 23.6 Å². The van der Waals surface area contributed by atoms with E-state index in [1.807, 2.05) is 33.2 Å². The molecule has 0 unspecified atom stereocenters. The van der Waals surface area contributed by atoms with Gasteiger partial charge in [-0.2, -0.15) is 8.78 Å². The third-order valence-corrected chi connectivity index (χ3v) is 4.47. The Labute approximate surface area is 204 Å². The Morgan fingerprint density at radius 3 is 2.53 bits per heavy atom. The minimum absolute atomic E-state index is 0. The average molecular weight is 562 g/mol. The van der Waals surface area contributed by atoms with Gasteiger partial charge in [-0.1, -0.05) is 24.3 Å². The highest BCUT2D eigenvalue weighted by atomic mass is 127. The molecule has 1 aliphatic rings. The Kier molecular flexibility index (Phi) is 10.2. The molecule has 0 amide bonds. The van der Waals surface area contributed by atoms with E-state index >= 15 is 0 Å². The molecule has 176 valence electrons. The number of nitrogens with one attached hydrogen (secondary N) is 2. The zero-order valence-electron chi connectivity index (χ0n) is 18.4. The molecule has 10 heteroatoms. The van der Waals surface area contributed by atoms with Crippen molar-refractivity contribution < 1.29 is 23.0 Å². The molecule has 0 saturated carbocycles.